The van der Waals surface area contributed by atoms with Crippen molar-refractivity contribution < 1.29 is 0 Å². The monoisotopic (exact) mass is 294 g/mol. The molecule has 0 spiro atoms. The van der Waals surface area contributed by atoms with E-state index >= 15 is 0 Å². The van der Waals surface area contributed by atoms with Gasteiger partial charge in [0, 0.05) is 45.3 Å². The maximum Gasteiger partial charge on any atom is 0.0261 e. The molecule has 0 bridgehead atoms. The summed E-state index contributed by atoms with van der Waals surface area (Å²) in [6.45, 7) is 11.5. The van der Waals surface area contributed by atoms with Crippen molar-refractivity contribution >= 4 is 0 Å². The molecular weight excluding hydrogens is 260 g/mol. The second-order valence-electron chi connectivity index (χ2n) is 7.37. The first kappa shape index (κ1) is 15.7. The fraction of sp³-hybridized carbons (Fsp3) is 1.00. The quantitative estimate of drug-likeness (QED) is 0.841. The molecule has 3 aliphatic heterocycles. The van der Waals surface area contributed by atoms with Gasteiger partial charge in [-0.15, -0.1) is 0 Å². The van der Waals surface area contributed by atoms with Gasteiger partial charge in [-0.05, 0) is 51.9 Å². The highest BCUT2D eigenvalue weighted by atomic mass is 15.3. The molecule has 2 atom stereocenters. The van der Waals surface area contributed by atoms with Crippen LogP contribution in [0.3, 0.4) is 0 Å². The number of rotatable bonds is 3. The molecule has 3 heterocycles. The molecule has 1 N–H and O–H groups in total. The molecule has 0 aromatic rings. The van der Waals surface area contributed by atoms with Crippen LogP contribution in [0.4, 0.5) is 0 Å². The number of nitrogens with one attached hydrogen (secondary N) is 1. The van der Waals surface area contributed by atoms with Crippen LogP contribution in [0, 0.1) is 5.92 Å². The van der Waals surface area contributed by atoms with Crippen LogP contribution in [-0.4, -0.2) is 86.7 Å². The minimum absolute atomic E-state index is 0.788. The zero-order valence-corrected chi connectivity index (χ0v) is 13.9. The van der Waals surface area contributed by atoms with Crippen molar-refractivity contribution in [3.8, 4) is 0 Å². The lowest BCUT2D eigenvalue weighted by atomic mass is 9.90. The van der Waals surface area contributed by atoms with Crippen molar-refractivity contribution in [2.24, 2.45) is 5.92 Å². The third-order valence-electron chi connectivity index (χ3n) is 5.79. The first-order valence-corrected chi connectivity index (χ1v) is 9.18. The molecule has 3 saturated heterocycles. The van der Waals surface area contributed by atoms with E-state index in [0.29, 0.717) is 0 Å². The van der Waals surface area contributed by atoms with Crippen molar-refractivity contribution in [2.45, 2.75) is 38.1 Å². The van der Waals surface area contributed by atoms with Crippen molar-refractivity contribution in [3.63, 3.8) is 0 Å². The van der Waals surface area contributed by atoms with Gasteiger partial charge in [0.25, 0.3) is 0 Å². The summed E-state index contributed by atoms with van der Waals surface area (Å²) >= 11 is 0. The Labute approximate surface area is 130 Å². The number of likely N-dealkylation sites (tertiary alicyclic amines) is 1. The van der Waals surface area contributed by atoms with Gasteiger partial charge in [0.2, 0.25) is 0 Å². The van der Waals surface area contributed by atoms with Gasteiger partial charge in [-0.2, -0.15) is 0 Å². The van der Waals surface area contributed by atoms with E-state index in [-0.39, 0.29) is 0 Å². The number of piperidine rings is 1. The summed E-state index contributed by atoms with van der Waals surface area (Å²) < 4.78 is 0. The Morgan fingerprint density at radius 2 is 1.62 bits per heavy atom. The molecule has 4 nitrogen and oxygen atoms in total. The first-order chi connectivity index (χ1) is 10.3. The topological polar surface area (TPSA) is 21.8 Å². The summed E-state index contributed by atoms with van der Waals surface area (Å²) in [5.41, 5.74) is 0. The number of likely N-dealkylation sites (N-methyl/N-ethyl adjacent to an activating group) is 1. The standard InChI is InChI=1S/C17H34N4/c1-19-10-12-20(13-11-19)15-16-6-7-18-14-17(16)21-8-4-2-3-5-9-21/h16-18H,2-15H2,1H3. The van der Waals surface area contributed by atoms with Gasteiger partial charge >= 0.3 is 0 Å². The maximum atomic E-state index is 3.66. The minimum atomic E-state index is 0.788. The van der Waals surface area contributed by atoms with E-state index in [4.69, 9.17) is 0 Å². The summed E-state index contributed by atoms with van der Waals surface area (Å²) in [5.74, 6) is 0.882. The van der Waals surface area contributed by atoms with Gasteiger partial charge in [0.15, 0.2) is 0 Å². The summed E-state index contributed by atoms with van der Waals surface area (Å²) in [5, 5.41) is 3.66. The molecule has 2 unspecified atom stereocenters. The number of nitrogens with zero attached hydrogens (tertiary/aromatic N) is 3. The normalized spacial score (nSPS) is 34.7. The molecule has 4 heteroatoms. The second-order valence-corrected chi connectivity index (χ2v) is 7.37. The molecule has 122 valence electrons. The van der Waals surface area contributed by atoms with Crippen LogP contribution < -0.4 is 5.32 Å². The predicted octanol–water partition coefficient (Wildman–Crippen LogP) is 1.09. The van der Waals surface area contributed by atoms with E-state index < -0.39 is 0 Å². The SMILES string of the molecule is CN1CCN(CC2CCNCC2N2CCCCCC2)CC1. The molecular formula is C17H34N4. The lowest BCUT2D eigenvalue weighted by Gasteiger charge is -2.43. The Morgan fingerprint density at radius 1 is 0.905 bits per heavy atom. The molecule has 0 amide bonds. The van der Waals surface area contributed by atoms with E-state index in [1.807, 2.05) is 0 Å². The highest BCUT2D eigenvalue weighted by Gasteiger charge is 2.31. The first-order valence-electron chi connectivity index (χ1n) is 9.18. The Hall–Kier alpha value is -0.160. The number of hydrogen-bond acceptors (Lipinski definition) is 4. The Kier molecular flexibility index (Phi) is 5.92. The van der Waals surface area contributed by atoms with Crippen molar-refractivity contribution in [2.75, 3.05) is 66.0 Å². The lowest BCUT2D eigenvalue weighted by molar-refractivity contribution is 0.0696. The van der Waals surface area contributed by atoms with Crippen LogP contribution in [0.1, 0.15) is 32.1 Å². The third-order valence-corrected chi connectivity index (χ3v) is 5.79. The van der Waals surface area contributed by atoms with Gasteiger partial charge in [0.05, 0.1) is 0 Å². The van der Waals surface area contributed by atoms with E-state index in [0.717, 1.165) is 12.0 Å². The average Bonchev–Trinajstić information content (AvgIpc) is 2.79. The minimum Gasteiger partial charge on any atom is -0.315 e. The van der Waals surface area contributed by atoms with Crippen molar-refractivity contribution in [3.05, 3.63) is 0 Å². The van der Waals surface area contributed by atoms with Crippen LogP contribution in [-0.2, 0) is 0 Å². The Morgan fingerprint density at radius 3 is 2.33 bits per heavy atom. The number of piperazine rings is 1. The van der Waals surface area contributed by atoms with Gasteiger partial charge < -0.3 is 15.1 Å². The second kappa shape index (κ2) is 7.91. The smallest absolute Gasteiger partial charge is 0.0261 e. The fourth-order valence-electron chi connectivity index (χ4n) is 4.33. The molecule has 0 aromatic carbocycles. The van der Waals surface area contributed by atoms with Gasteiger partial charge in [-0.25, -0.2) is 0 Å². The van der Waals surface area contributed by atoms with E-state index in [9.17, 15) is 0 Å². The third kappa shape index (κ3) is 4.41. The van der Waals surface area contributed by atoms with Crippen molar-refractivity contribution in [1.29, 1.82) is 0 Å². The molecule has 0 radical (unpaired) electrons. The van der Waals surface area contributed by atoms with E-state index in [2.05, 4.69) is 27.1 Å². The molecule has 0 aromatic heterocycles. The molecule has 3 fully saturated rings. The van der Waals surface area contributed by atoms with E-state index in [1.165, 1.54) is 91.0 Å². The summed E-state index contributed by atoms with van der Waals surface area (Å²) in [6, 6.07) is 0.788. The van der Waals surface area contributed by atoms with Crippen LogP contribution >= 0.6 is 0 Å². The summed E-state index contributed by atoms with van der Waals surface area (Å²) in [7, 11) is 2.25. The highest BCUT2D eigenvalue weighted by molar-refractivity contribution is 4.89. The molecule has 3 aliphatic rings. The van der Waals surface area contributed by atoms with Crippen molar-refractivity contribution in [1.82, 2.24) is 20.0 Å². The average molecular weight is 294 g/mol. The maximum absolute atomic E-state index is 3.66. The van der Waals surface area contributed by atoms with Gasteiger partial charge in [-0.1, -0.05) is 12.8 Å². The van der Waals surface area contributed by atoms with Gasteiger partial charge in [-0.3, -0.25) is 4.90 Å². The molecule has 21 heavy (non-hydrogen) atoms. The molecule has 0 aliphatic carbocycles. The largest absolute Gasteiger partial charge is 0.315 e. The van der Waals surface area contributed by atoms with Crippen LogP contribution in [0.2, 0.25) is 0 Å². The zero-order valence-electron chi connectivity index (χ0n) is 13.9. The van der Waals surface area contributed by atoms with E-state index in [1.54, 1.807) is 0 Å². The van der Waals surface area contributed by atoms with Gasteiger partial charge in [0.1, 0.15) is 0 Å². The summed E-state index contributed by atoms with van der Waals surface area (Å²) in [6.07, 6.45) is 7.09. The fourth-order valence-corrected chi connectivity index (χ4v) is 4.33. The van der Waals surface area contributed by atoms with Crippen LogP contribution in [0.15, 0.2) is 0 Å². The highest BCUT2D eigenvalue weighted by Crippen LogP contribution is 2.23. The summed E-state index contributed by atoms with van der Waals surface area (Å²) in [4.78, 5) is 8.01. The Bertz CT molecular complexity index is 293. The predicted molar refractivity (Wildman–Crippen MR) is 88.7 cm³/mol. The zero-order chi connectivity index (χ0) is 14.5. The Balaban J connectivity index is 1.55. The molecule has 3 rings (SSSR count). The van der Waals surface area contributed by atoms with Crippen LogP contribution in [0.5, 0.6) is 0 Å². The number of hydrogen-bond donors (Lipinski definition) is 1. The lowest BCUT2D eigenvalue weighted by Crippen LogP contribution is -2.56. The van der Waals surface area contributed by atoms with Crippen LogP contribution in [0.25, 0.3) is 0 Å². The molecule has 0 saturated carbocycles.